The number of carbonyl (C=O) groups excluding carboxylic acids is 1. The quantitative estimate of drug-likeness (QED) is 0.702. The Morgan fingerprint density at radius 1 is 1.41 bits per heavy atom. The predicted octanol–water partition coefficient (Wildman–Crippen LogP) is 1.69. The normalized spacial score (nSPS) is 28.1. The van der Waals surface area contributed by atoms with E-state index in [2.05, 4.69) is 19.2 Å². The van der Waals surface area contributed by atoms with Crippen molar-refractivity contribution >= 4 is 21.8 Å². The summed E-state index contributed by atoms with van der Waals surface area (Å²) < 4.78 is 42.1. The highest BCUT2D eigenvalue weighted by molar-refractivity contribution is 7.92. The van der Waals surface area contributed by atoms with Crippen LogP contribution in [0.3, 0.4) is 0 Å². The molecule has 2 aliphatic carbocycles. The molecular formula is C18H24FN3O4S. The number of hydrogen-bond acceptors (Lipinski definition) is 5. The van der Waals surface area contributed by atoms with Gasteiger partial charge in [0.1, 0.15) is 18.0 Å². The number of phenolic OH excluding ortho intramolecular Hbond substituents is 1. The number of halogens is 1. The lowest BCUT2D eigenvalue weighted by atomic mass is 9.87. The van der Waals surface area contributed by atoms with Gasteiger partial charge in [0, 0.05) is 12.0 Å². The third kappa shape index (κ3) is 2.97. The molecule has 1 saturated carbocycles. The van der Waals surface area contributed by atoms with Gasteiger partial charge in [0.2, 0.25) is 0 Å². The van der Waals surface area contributed by atoms with Gasteiger partial charge in [-0.05, 0) is 54.8 Å². The number of nitrogens with one attached hydrogen (secondary N) is 2. The van der Waals surface area contributed by atoms with Crippen molar-refractivity contribution < 1.29 is 22.7 Å². The van der Waals surface area contributed by atoms with Gasteiger partial charge in [-0.25, -0.2) is 13.4 Å². The molecule has 0 spiro atoms. The Bertz CT molecular complexity index is 902. The molecule has 4 rings (SSSR count). The fourth-order valence-corrected chi connectivity index (χ4v) is 5.82. The molecule has 3 atom stereocenters. The van der Waals surface area contributed by atoms with Gasteiger partial charge in [-0.1, -0.05) is 13.8 Å². The first kappa shape index (κ1) is 18.5. The maximum atomic E-state index is 15.4. The fraction of sp³-hybridized carbons (Fsp3) is 0.611. The topological polar surface area (TPSA) is 98.7 Å². The Labute approximate surface area is 158 Å². The van der Waals surface area contributed by atoms with Crippen LogP contribution in [0.15, 0.2) is 6.07 Å². The maximum absolute atomic E-state index is 15.4. The smallest absolute Gasteiger partial charge is 0.326 e. The molecule has 0 radical (unpaired) electrons. The number of carbonyl (C=O) groups is 1. The highest BCUT2D eigenvalue weighted by atomic mass is 32.2. The minimum absolute atomic E-state index is 0.0505. The fourth-order valence-electron chi connectivity index (χ4n) is 4.65. The van der Waals surface area contributed by atoms with Crippen LogP contribution < -0.4 is 14.3 Å². The third-order valence-electron chi connectivity index (χ3n) is 5.86. The lowest BCUT2D eigenvalue weighted by Crippen LogP contribution is -2.35. The van der Waals surface area contributed by atoms with E-state index >= 15 is 4.39 Å². The second-order valence-electron chi connectivity index (χ2n) is 8.12. The van der Waals surface area contributed by atoms with Crippen molar-refractivity contribution in [3.05, 3.63) is 23.0 Å². The molecule has 0 unspecified atom stereocenters. The zero-order valence-corrected chi connectivity index (χ0v) is 16.1. The molecule has 9 heteroatoms. The molecule has 1 heterocycles. The van der Waals surface area contributed by atoms with Gasteiger partial charge >= 0.3 is 10.2 Å². The molecule has 3 N–H and O–H groups in total. The second-order valence-corrected chi connectivity index (χ2v) is 9.71. The Balaban J connectivity index is 1.68. The molecule has 1 amide bonds. The van der Waals surface area contributed by atoms with Gasteiger partial charge in [0.15, 0.2) is 5.82 Å². The summed E-state index contributed by atoms with van der Waals surface area (Å²) in [7, 11) is -4.18. The van der Waals surface area contributed by atoms with Crippen LogP contribution in [0.4, 0.5) is 10.1 Å². The molecule has 3 aliphatic rings. The van der Waals surface area contributed by atoms with Crippen LogP contribution >= 0.6 is 0 Å². The Hall–Kier alpha value is -1.87. The van der Waals surface area contributed by atoms with E-state index < -0.39 is 39.9 Å². The number of phenols is 1. The summed E-state index contributed by atoms with van der Waals surface area (Å²) in [5.41, 5.74) is 0.813. The highest BCUT2D eigenvalue weighted by Gasteiger charge is 2.48. The number of anilines is 1. The highest BCUT2D eigenvalue weighted by Crippen LogP contribution is 2.56. The summed E-state index contributed by atoms with van der Waals surface area (Å²) in [4.78, 5) is 11.5. The number of hydrogen-bond donors (Lipinski definition) is 3. The molecule has 7 nitrogen and oxygen atoms in total. The molecule has 1 aromatic rings. The van der Waals surface area contributed by atoms with Crippen LogP contribution in [-0.4, -0.2) is 38.6 Å². The van der Waals surface area contributed by atoms with E-state index in [1.807, 2.05) is 4.72 Å². The van der Waals surface area contributed by atoms with Crippen molar-refractivity contribution in [2.75, 3.05) is 17.4 Å². The number of fused-ring (bicyclic) bond motifs is 5. The molecule has 2 fully saturated rings. The van der Waals surface area contributed by atoms with E-state index in [9.17, 15) is 18.3 Å². The third-order valence-corrected chi connectivity index (χ3v) is 7.24. The van der Waals surface area contributed by atoms with E-state index in [4.69, 9.17) is 0 Å². The van der Waals surface area contributed by atoms with Crippen LogP contribution in [0.5, 0.6) is 5.75 Å². The number of nitrogens with zero attached hydrogens (tertiary/aromatic N) is 1. The van der Waals surface area contributed by atoms with Crippen molar-refractivity contribution in [2.24, 2.45) is 5.92 Å². The summed E-state index contributed by atoms with van der Waals surface area (Å²) >= 11 is 0. The first-order chi connectivity index (χ1) is 12.7. The van der Waals surface area contributed by atoms with E-state index in [0.29, 0.717) is 15.8 Å². The summed E-state index contributed by atoms with van der Waals surface area (Å²) in [6.07, 6.45) is 2.71. The Morgan fingerprint density at radius 3 is 2.78 bits per heavy atom. The maximum Gasteiger partial charge on any atom is 0.326 e. The minimum Gasteiger partial charge on any atom is -0.506 e. The zero-order chi connectivity index (χ0) is 19.5. The summed E-state index contributed by atoms with van der Waals surface area (Å²) in [5, 5.41) is 13.8. The van der Waals surface area contributed by atoms with Crippen molar-refractivity contribution in [3.8, 4) is 5.75 Å². The lowest BCUT2D eigenvalue weighted by Gasteiger charge is -2.28. The number of aromatic hydroxyl groups is 1. The van der Waals surface area contributed by atoms with Gasteiger partial charge in [-0.2, -0.15) is 8.42 Å². The van der Waals surface area contributed by atoms with Crippen molar-refractivity contribution in [1.29, 1.82) is 0 Å². The molecule has 148 valence electrons. The van der Waals surface area contributed by atoms with Crippen LogP contribution in [0.2, 0.25) is 0 Å². The lowest BCUT2D eigenvalue weighted by molar-refractivity contribution is -0.117. The molecule has 1 aromatic carbocycles. The predicted molar refractivity (Wildman–Crippen MR) is 98.4 cm³/mol. The summed E-state index contributed by atoms with van der Waals surface area (Å²) in [6, 6.07) is 1.62. The van der Waals surface area contributed by atoms with Crippen LogP contribution in [0.25, 0.3) is 0 Å². The van der Waals surface area contributed by atoms with Crippen molar-refractivity contribution in [1.82, 2.24) is 10.0 Å². The Morgan fingerprint density at radius 2 is 2.15 bits per heavy atom. The van der Waals surface area contributed by atoms with Gasteiger partial charge in [-0.3, -0.25) is 4.79 Å². The molecule has 1 aliphatic heterocycles. The molecule has 27 heavy (non-hydrogen) atoms. The van der Waals surface area contributed by atoms with Crippen molar-refractivity contribution in [3.63, 3.8) is 0 Å². The van der Waals surface area contributed by atoms with E-state index in [1.165, 1.54) is 6.07 Å². The van der Waals surface area contributed by atoms with E-state index in [-0.39, 0.29) is 17.9 Å². The first-order valence-electron chi connectivity index (χ1n) is 9.31. The first-order valence-corrected chi connectivity index (χ1v) is 10.7. The minimum atomic E-state index is -4.18. The second kappa shape index (κ2) is 6.34. The standard InChI is InChI=1S/C18H24FN3O4S/c1-9(2)3-4-20-13-6-10-5-12(13)16-11(10)7-14(23)18(17(16)19)22-8-15(24)21-27(22,25)26/h7,9-10,12-13,20,23H,3-6,8H2,1-2H3,(H,21,24)/t10-,12+,13+/m0/s1. The number of rotatable bonds is 5. The summed E-state index contributed by atoms with van der Waals surface area (Å²) in [5.74, 6) is -1.23. The van der Waals surface area contributed by atoms with E-state index in [0.717, 1.165) is 31.4 Å². The molecule has 1 saturated heterocycles. The van der Waals surface area contributed by atoms with Gasteiger partial charge in [-0.15, -0.1) is 0 Å². The van der Waals surface area contributed by atoms with Gasteiger partial charge in [0.25, 0.3) is 5.91 Å². The van der Waals surface area contributed by atoms with Crippen LogP contribution in [0, 0.1) is 11.7 Å². The monoisotopic (exact) mass is 397 g/mol. The van der Waals surface area contributed by atoms with Crippen molar-refractivity contribution in [2.45, 2.75) is 51.0 Å². The molecule has 0 aromatic heterocycles. The zero-order valence-electron chi connectivity index (χ0n) is 15.3. The van der Waals surface area contributed by atoms with Crippen LogP contribution in [-0.2, 0) is 15.0 Å². The average Bonchev–Trinajstić information content (AvgIpc) is 3.18. The van der Waals surface area contributed by atoms with Gasteiger partial charge in [0.05, 0.1) is 0 Å². The van der Waals surface area contributed by atoms with E-state index in [1.54, 1.807) is 0 Å². The van der Waals surface area contributed by atoms with Gasteiger partial charge < -0.3 is 10.4 Å². The number of amides is 1. The summed E-state index contributed by atoms with van der Waals surface area (Å²) in [6.45, 7) is 4.62. The SMILES string of the molecule is CC(C)CCN[C@@H]1C[C@@H]2C[C@H]1c1c2cc(O)c(N2CC(=O)NS2(=O)=O)c1F. The number of benzene rings is 1. The van der Waals surface area contributed by atoms with Crippen LogP contribution in [0.1, 0.15) is 56.1 Å². The molecule has 2 bridgehead atoms. The molecular weight excluding hydrogens is 373 g/mol. The Kier molecular flexibility index (Phi) is 4.34. The average molecular weight is 397 g/mol. The largest absolute Gasteiger partial charge is 0.506 e.